The molecule has 5 nitrogen and oxygen atoms in total. The molecule has 1 fully saturated rings. The Morgan fingerprint density at radius 1 is 1.19 bits per heavy atom. The SMILES string of the molecule is Cc1cc(-c2c(-c3ccc(F)cc3)nn3c2C2CCC3C2)c2cn[nH]c2n1. The minimum Gasteiger partial charge on any atom is -0.265 e. The lowest BCUT2D eigenvalue weighted by Crippen LogP contribution is -2.07. The molecular formula is C21H18FN5. The van der Waals surface area contributed by atoms with Gasteiger partial charge in [0.25, 0.3) is 0 Å². The summed E-state index contributed by atoms with van der Waals surface area (Å²) in [5, 5.41) is 13.2. The van der Waals surface area contributed by atoms with Gasteiger partial charge < -0.3 is 0 Å². The van der Waals surface area contributed by atoms with Gasteiger partial charge in [0, 0.05) is 33.7 Å². The number of aryl methyl sites for hydroxylation is 1. The molecule has 1 aliphatic heterocycles. The maximum atomic E-state index is 13.5. The molecule has 1 N–H and O–H groups in total. The van der Waals surface area contributed by atoms with E-state index in [-0.39, 0.29) is 5.82 Å². The number of halogens is 1. The van der Waals surface area contributed by atoms with E-state index in [1.54, 1.807) is 0 Å². The Labute approximate surface area is 155 Å². The second kappa shape index (κ2) is 5.25. The number of pyridine rings is 1. The van der Waals surface area contributed by atoms with E-state index in [4.69, 9.17) is 5.10 Å². The lowest BCUT2D eigenvalue weighted by atomic mass is 9.91. The highest BCUT2D eigenvalue weighted by molar-refractivity contribution is 5.98. The molecule has 6 heteroatoms. The molecule has 134 valence electrons. The van der Waals surface area contributed by atoms with Gasteiger partial charge in [-0.1, -0.05) is 0 Å². The average Bonchev–Trinajstić information content (AvgIpc) is 3.42. The lowest BCUT2D eigenvalue weighted by Gasteiger charge is -2.15. The van der Waals surface area contributed by atoms with Crippen LogP contribution in [0.5, 0.6) is 0 Å². The molecule has 0 saturated heterocycles. The number of nitrogens with zero attached hydrogens (tertiary/aromatic N) is 4. The molecule has 2 unspecified atom stereocenters. The molecule has 4 aromatic rings. The Hall–Kier alpha value is -3.02. The molecule has 27 heavy (non-hydrogen) atoms. The van der Waals surface area contributed by atoms with Crippen LogP contribution >= 0.6 is 0 Å². The second-order valence-corrected chi connectivity index (χ2v) is 7.67. The molecule has 2 aliphatic rings. The molecule has 1 saturated carbocycles. The van der Waals surface area contributed by atoms with E-state index < -0.39 is 0 Å². The number of H-pyrrole nitrogens is 1. The number of rotatable bonds is 2. The highest BCUT2D eigenvalue weighted by Crippen LogP contribution is 2.54. The molecule has 2 bridgehead atoms. The van der Waals surface area contributed by atoms with E-state index in [9.17, 15) is 4.39 Å². The number of hydrogen-bond donors (Lipinski definition) is 1. The van der Waals surface area contributed by atoms with Gasteiger partial charge in [-0.05, 0) is 56.5 Å². The highest BCUT2D eigenvalue weighted by atomic mass is 19.1. The van der Waals surface area contributed by atoms with Gasteiger partial charge in [-0.3, -0.25) is 9.78 Å². The molecule has 1 aromatic carbocycles. The minimum atomic E-state index is -0.232. The van der Waals surface area contributed by atoms with Crippen LogP contribution in [-0.4, -0.2) is 25.0 Å². The van der Waals surface area contributed by atoms with Crippen molar-refractivity contribution in [2.45, 2.75) is 38.1 Å². The zero-order chi connectivity index (χ0) is 18.1. The fraction of sp³-hybridized carbons (Fsp3) is 0.286. The number of hydrogen-bond acceptors (Lipinski definition) is 3. The summed E-state index contributed by atoms with van der Waals surface area (Å²) in [7, 11) is 0. The number of aromatic nitrogens is 5. The Kier molecular flexibility index (Phi) is 2.93. The number of fused-ring (bicyclic) bond motifs is 6. The molecular weight excluding hydrogens is 341 g/mol. The molecule has 0 radical (unpaired) electrons. The second-order valence-electron chi connectivity index (χ2n) is 7.67. The first kappa shape index (κ1) is 15.1. The summed E-state index contributed by atoms with van der Waals surface area (Å²) in [5.41, 5.74) is 7.19. The van der Waals surface area contributed by atoms with Crippen LogP contribution in [0, 0.1) is 12.7 Å². The lowest BCUT2D eigenvalue weighted by molar-refractivity contribution is 0.478. The van der Waals surface area contributed by atoms with Crippen LogP contribution in [-0.2, 0) is 0 Å². The Morgan fingerprint density at radius 2 is 2.04 bits per heavy atom. The van der Waals surface area contributed by atoms with E-state index in [1.165, 1.54) is 37.1 Å². The summed E-state index contributed by atoms with van der Waals surface area (Å²) >= 11 is 0. The summed E-state index contributed by atoms with van der Waals surface area (Å²) in [6, 6.07) is 9.25. The van der Waals surface area contributed by atoms with Crippen LogP contribution in [0.25, 0.3) is 33.4 Å². The van der Waals surface area contributed by atoms with Crippen LogP contribution in [0.4, 0.5) is 4.39 Å². The third kappa shape index (κ3) is 2.07. The summed E-state index contributed by atoms with van der Waals surface area (Å²) in [4.78, 5) is 4.57. The first-order chi connectivity index (χ1) is 13.2. The molecule has 1 aliphatic carbocycles. The fourth-order valence-electron chi connectivity index (χ4n) is 4.88. The van der Waals surface area contributed by atoms with Crippen molar-refractivity contribution in [2.75, 3.05) is 0 Å². The fourth-order valence-corrected chi connectivity index (χ4v) is 4.88. The van der Waals surface area contributed by atoms with Gasteiger partial charge in [0.15, 0.2) is 5.65 Å². The Balaban J connectivity index is 1.69. The topological polar surface area (TPSA) is 59.4 Å². The van der Waals surface area contributed by atoms with Crippen molar-refractivity contribution in [1.82, 2.24) is 25.0 Å². The predicted molar refractivity (Wildman–Crippen MR) is 101 cm³/mol. The van der Waals surface area contributed by atoms with Crippen molar-refractivity contribution in [3.63, 3.8) is 0 Å². The first-order valence-electron chi connectivity index (χ1n) is 9.38. The van der Waals surface area contributed by atoms with Gasteiger partial charge in [-0.25, -0.2) is 9.37 Å². The molecule has 6 rings (SSSR count). The average molecular weight is 359 g/mol. The molecule has 0 spiro atoms. The van der Waals surface area contributed by atoms with Gasteiger partial charge in [0.1, 0.15) is 11.5 Å². The van der Waals surface area contributed by atoms with Crippen LogP contribution < -0.4 is 0 Å². The number of aromatic amines is 1. The minimum absolute atomic E-state index is 0.232. The monoisotopic (exact) mass is 359 g/mol. The van der Waals surface area contributed by atoms with E-state index in [1.807, 2.05) is 25.3 Å². The normalized spacial score (nSPS) is 20.5. The van der Waals surface area contributed by atoms with Crippen molar-refractivity contribution in [3.8, 4) is 22.4 Å². The van der Waals surface area contributed by atoms with Crippen LogP contribution in [0.15, 0.2) is 36.5 Å². The molecule has 2 atom stereocenters. The van der Waals surface area contributed by atoms with E-state index >= 15 is 0 Å². The van der Waals surface area contributed by atoms with Crippen molar-refractivity contribution < 1.29 is 4.39 Å². The van der Waals surface area contributed by atoms with Gasteiger partial charge in [0.2, 0.25) is 0 Å². The highest BCUT2D eigenvalue weighted by Gasteiger charge is 2.41. The van der Waals surface area contributed by atoms with Gasteiger partial charge in [-0.2, -0.15) is 10.2 Å². The van der Waals surface area contributed by atoms with Crippen molar-refractivity contribution >= 4 is 11.0 Å². The van der Waals surface area contributed by atoms with E-state index in [0.29, 0.717) is 12.0 Å². The van der Waals surface area contributed by atoms with Gasteiger partial charge in [-0.15, -0.1) is 0 Å². The summed E-state index contributed by atoms with van der Waals surface area (Å²) in [5.74, 6) is 0.311. The third-order valence-electron chi connectivity index (χ3n) is 6.02. The third-order valence-corrected chi connectivity index (χ3v) is 6.02. The standard InChI is InChI=1S/C21H18FN5/c1-11-8-16(17-10-23-25-21(17)24-11)18-19(12-2-5-14(22)6-3-12)26-27-15-7-4-13(9-15)20(18)27/h2-3,5-6,8,10,13,15H,4,7,9H2,1H3,(H,23,24,25). The van der Waals surface area contributed by atoms with Crippen LogP contribution in [0.3, 0.4) is 0 Å². The van der Waals surface area contributed by atoms with Gasteiger partial charge >= 0.3 is 0 Å². The van der Waals surface area contributed by atoms with Crippen LogP contribution in [0.1, 0.15) is 42.6 Å². The quantitative estimate of drug-likeness (QED) is 0.561. The van der Waals surface area contributed by atoms with Crippen molar-refractivity contribution in [3.05, 3.63) is 53.7 Å². The Morgan fingerprint density at radius 3 is 2.89 bits per heavy atom. The van der Waals surface area contributed by atoms with E-state index in [2.05, 4.69) is 25.9 Å². The zero-order valence-corrected chi connectivity index (χ0v) is 14.9. The molecule has 3 aromatic heterocycles. The predicted octanol–water partition coefficient (Wildman–Crippen LogP) is 4.76. The van der Waals surface area contributed by atoms with E-state index in [0.717, 1.165) is 39.1 Å². The summed E-state index contributed by atoms with van der Waals surface area (Å²) in [6.45, 7) is 2.00. The molecule has 4 heterocycles. The summed E-state index contributed by atoms with van der Waals surface area (Å²) in [6.07, 6.45) is 5.42. The smallest absolute Gasteiger partial charge is 0.155 e. The number of nitrogens with one attached hydrogen (secondary N) is 1. The maximum absolute atomic E-state index is 13.5. The Bertz CT molecular complexity index is 1190. The van der Waals surface area contributed by atoms with Crippen molar-refractivity contribution in [1.29, 1.82) is 0 Å². The largest absolute Gasteiger partial charge is 0.265 e. The van der Waals surface area contributed by atoms with Crippen molar-refractivity contribution in [2.24, 2.45) is 0 Å². The zero-order valence-electron chi connectivity index (χ0n) is 14.9. The first-order valence-corrected chi connectivity index (χ1v) is 9.38. The molecule has 0 amide bonds. The maximum Gasteiger partial charge on any atom is 0.155 e. The van der Waals surface area contributed by atoms with Gasteiger partial charge in [0.05, 0.1) is 17.9 Å². The number of benzene rings is 1. The van der Waals surface area contributed by atoms with Crippen LogP contribution in [0.2, 0.25) is 0 Å². The summed E-state index contributed by atoms with van der Waals surface area (Å²) < 4.78 is 15.7.